The fourth-order valence-corrected chi connectivity index (χ4v) is 2.50. The first-order valence-electron chi connectivity index (χ1n) is 6.31. The molecule has 2 rings (SSSR count). The smallest absolute Gasteiger partial charge is 0.0633 e. The predicted molar refractivity (Wildman–Crippen MR) is 72.9 cm³/mol. The normalized spacial score (nSPS) is 23.8. The van der Waals surface area contributed by atoms with Crippen LogP contribution in [-0.4, -0.2) is 35.0 Å². The molecule has 0 saturated heterocycles. The summed E-state index contributed by atoms with van der Waals surface area (Å²) in [6, 6.07) is 8.35. The van der Waals surface area contributed by atoms with E-state index in [1.807, 2.05) is 19.1 Å². The number of hydrogen-bond donors (Lipinski definition) is 3. The molecule has 1 aromatic carbocycles. The van der Waals surface area contributed by atoms with E-state index in [1.54, 1.807) is 0 Å². The van der Waals surface area contributed by atoms with Gasteiger partial charge >= 0.3 is 0 Å². The van der Waals surface area contributed by atoms with Crippen LogP contribution >= 0.6 is 11.6 Å². The van der Waals surface area contributed by atoms with E-state index in [-0.39, 0.29) is 13.2 Å². The number of benzene rings is 1. The number of halogens is 1. The minimum atomic E-state index is -0.574. The zero-order valence-corrected chi connectivity index (χ0v) is 11.3. The largest absolute Gasteiger partial charge is 0.394 e. The van der Waals surface area contributed by atoms with Crippen LogP contribution in [0.15, 0.2) is 24.3 Å². The molecule has 1 aromatic rings. The summed E-state index contributed by atoms with van der Waals surface area (Å²) in [7, 11) is 0. The van der Waals surface area contributed by atoms with Crippen LogP contribution in [0.2, 0.25) is 5.02 Å². The van der Waals surface area contributed by atoms with Crippen LogP contribution in [0, 0.1) is 0 Å². The molecule has 1 saturated carbocycles. The predicted octanol–water partition coefficient (Wildman–Crippen LogP) is 1.92. The van der Waals surface area contributed by atoms with Crippen LogP contribution in [-0.2, 0) is 0 Å². The van der Waals surface area contributed by atoms with Crippen LogP contribution < -0.4 is 5.32 Å². The van der Waals surface area contributed by atoms with Crippen LogP contribution in [0.25, 0.3) is 0 Å². The maximum absolute atomic E-state index is 9.23. The molecule has 0 amide bonds. The van der Waals surface area contributed by atoms with Gasteiger partial charge in [-0.1, -0.05) is 23.7 Å². The molecule has 18 heavy (non-hydrogen) atoms. The molecule has 100 valence electrons. The molecule has 1 aliphatic rings. The van der Waals surface area contributed by atoms with Gasteiger partial charge in [0.05, 0.1) is 18.8 Å². The zero-order valence-electron chi connectivity index (χ0n) is 10.6. The molecule has 3 nitrogen and oxygen atoms in total. The first kappa shape index (κ1) is 13.8. The van der Waals surface area contributed by atoms with E-state index >= 15 is 0 Å². The third-order valence-electron chi connectivity index (χ3n) is 3.73. The van der Waals surface area contributed by atoms with E-state index in [0.717, 1.165) is 17.9 Å². The number of rotatable bonds is 5. The first-order chi connectivity index (χ1) is 8.56. The minimum absolute atomic E-state index is 0.0500. The molecule has 0 radical (unpaired) electrons. The fraction of sp³-hybridized carbons (Fsp3) is 0.571. The second kappa shape index (κ2) is 5.57. The van der Waals surface area contributed by atoms with Crippen molar-refractivity contribution >= 4 is 11.6 Å². The fourth-order valence-electron chi connectivity index (χ4n) is 2.38. The maximum Gasteiger partial charge on any atom is 0.0633 e. The van der Waals surface area contributed by atoms with Crippen molar-refractivity contribution < 1.29 is 10.2 Å². The average Bonchev–Trinajstić information content (AvgIpc) is 2.34. The monoisotopic (exact) mass is 269 g/mol. The highest BCUT2D eigenvalue weighted by molar-refractivity contribution is 6.30. The zero-order chi connectivity index (χ0) is 13.2. The van der Waals surface area contributed by atoms with Crippen molar-refractivity contribution in [3.63, 3.8) is 0 Å². The Bertz CT molecular complexity index is 383. The van der Waals surface area contributed by atoms with E-state index in [9.17, 15) is 10.2 Å². The number of aliphatic hydroxyl groups excluding tert-OH is 2. The van der Waals surface area contributed by atoms with Gasteiger partial charge in [0, 0.05) is 11.1 Å². The van der Waals surface area contributed by atoms with Gasteiger partial charge in [0.1, 0.15) is 0 Å². The van der Waals surface area contributed by atoms with E-state index in [4.69, 9.17) is 11.6 Å². The van der Waals surface area contributed by atoms with E-state index < -0.39 is 5.54 Å². The Hall–Kier alpha value is -0.610. The Kier molecular flexibility index (Phi) is 4.28. The summed E-state index contributed by atoms with van der Waals surface area (Å²) in [5.74, 6) is 0.557. The second-order valence-electron chi connectivity index (χ2n) is 5.44. The van der Waals surface area contributed by atoms with E-state index in [1.165, 1.54) is 5.56 Å². The standard InChI is InChI=1S/C14H20ClNO2/c1-14(8-17,9-18)16-13-6-11(7-13)10-2-4-12(15)5-3-10/h2-5,11,13,16-18H,6-9H2,1H3. The number of nitrogens with one attached hydrogen (secondary N) is 1. The van der Waals surface area contributed by atoms with E-state index in [2.05, 4.69) is 17.4 Å². The lowest BCUT2D eigenvalue weighted by molar-refractivity contribution is 0.0780. The maximum atomic E-state index is 9.23. The Balaban J connectivity index is 1.85. The summed E-state index contributed by atoms with van der Waals surface area (Å²) in [6.45, 7) is 1.74. The van der Waals surface area contributed by atoms with Crippen LogP contribution in [0.3, 0.4) is 0 Å². The van der Waals surface area contributed by atoms with Gasteiger partial charge in [-0.3, -0.25) is 0 Å². The van der Waals surface area contributed by atoms with Crippen molar-refractivity contribution in [2.24, 2.45) is 0 Å². The third-order valence-corrected chi connectivity index (χ3v) is 3.98. The van der Waals surface area contributed by atoms with Gasteiger partial charge in [0.15, 0.2) is 0 Å². The van der Waals surface area contributed by atoms with Crippen molar-refractivity contribution in [2.75, 3.05) is 13.2 Å². The molecular formula is C14H20ClNO2. The second-order valence-corrected chi connectivity index (χ2v) is 5.87. The highest BCUT2D eigenvalue weighted by Crippen LogP contribution is 2.37. The molecule has 1 aliphatic carbocycles. The van der Waals surface area contributed by atoms with Gasteiger partial charge in [-0.2, -0.15) is 0 Å². The van der Waals surface area contributed by atoms with E-state index in [0.29, 0.717) is 12.0 Å². The molecule has 3 N–H and O–H groups in total. The lowest BCUT2D eigenvalue weighted by Gasteiger charge is -2.41. The van der Waals surface area contributed by atoms with Gasteiger partial charge in [-0.25, -0.2) is 0 Å². The van der Waals surface area contributed by atoms with Crippen molar-refractivity contribution in [2.45, 2.75) is 37.3 Å². The first-order valence-corrected chi connectivity index (χ1v) is 6.69. The van der Waals surface area contributed by atoms with Crippen LogP contribution in [0.4, 0.5) is 0 Å². The summed E-state index contributed by atoms with van der Waals surface area (Å²) in [5, 5.41) is 22.5. The minimum Gasteiger partial charge on any atom is -0.394 e. The molecule has 0 bridgehead atoms. The molecule has 4 heteroatoms. The molecule has 0 spiro atoms. The average molecular weight is 270 g/mol. The quantitative estimate of drug-likeness (QED) is 0.766. The molecule has 0 aromatic heterocycles. The topological polar surface area (TPSA) is 52.5 Å². The number of aliphatic hydroxyl groups is 2. The SMILES string of the molecule is CC(CO)(CO)NC1CC(c2ccc(Cl)cc2)C1. The lowest BCUT2D eigenvalue weighted by Crippen LogP contribution is -2.56. The molecule has 0 unspecified atom stereocenters. The highest BCUT2D eigenvalue weighted by Gasteiger charge is 2.35. The summed E-state index contributed by atoms with van der Waals surface area (Å²) in [5.41, 5.74) is 0.738. The van der Waals surface area contributed by atoms with Gasteiger partial charge < -0.3 is 15.5 Å². The van der Waals surface area contributed by atoms with Gasteiger partial charge in [-0.05, 0) is 43.4 Å². The van der Waals surface area contributed by atoms with Crippen molar-refractivity contribution in [1.82, 2.24) is 5.32 Å². The molecule has 1 fully saturated rings. The summed E-state index contributed by atoms with van der Waals surface area (Å²) >= 11 is 5.86. The molecule has 0 heterocycles. The summed E-state index contributed by atoms with van der Waals surface area (Å²) in [4.78, 5) is 0. The Morgan fingerprint density at radius 3 is 2.28 bits per heavy atom. The van der Waals surface area contributed by atoms with Crippen LogP contribution in [0.5, 0.6) is 0 Å². The Labute approximate surface area is 113 Å². The summed E-state index contributed by atoms with van der Waals surface area (Å²) < 4.78 is 0. The lowest BCUT2D eigenvalue weighted by atomic mass is 9.75. The molecule has 0 aliphatic heterocycles. The number of hydrogen-bond acceptors (Lipinski definition) is 3. The highest BCUT2D eigenvalue weighted by atomic mass is 35.5. The molecule has 0 atom stereocenters. The molecular weight excluding hydrogens is 250 g/mol. The van der Waals surface area contributed by atoms with Crippen molar-refractivity contribution in [3.8, 4) is 0 Å². The van der Waals surface area contributed by atoms with Gasteiger partial charge in [0.2, 0.25) is 0 Å². The van der Waals surface area contributed by atoms with Crippen molar-refractivity contribution in [1.29, 1.82) is 0 Å². The summed E-state index contributed by atoms with van der Waals surface area (Å²) in [6.07, 6.45) is 2.08. The van der Waals surface area contributed by atoms with Crippen LogP contribution in [0.1, 0.15) is 31.2 Å². The van der Waals surface area contributed by atoms with Crippen molar-refractivity contribution in [3.05, 3.63) is 34.9 Å². The van der Waals surface area contributed by atoms with Gasteiger partial charge in [0.25, 0.3) is 0 Å². The third kappa shape index (κ3) is 3.04. The Morgan fingerprint density at radius 2 is 1.78 bits per heavy atom. The van der Waals surface area contributed by atoms with Gasteiger partial charge in [-0.15, -0.1) is 0 Å². The Morgan fingerprint density at radius 1 is 1.22 bits per heavy atom.